The van der Waals surface area contributed by atoms with Gasteiger partial charge in [0.2, 0.25) is 0 Å². The number of halogens is 1. The number of anilines is 2. The first kappa shape index (κ1) is 15.6. The van der Waals surface area contributed by atoms with Gasteiger partial charge in [-0.3, -0.25) is 0 Å². The highest BCUT2D eigenvalue weighted by atomic mass is 35.5. The molecule has 0 atom stereocenters. The molecule has 0 saturated heterocycles. The number of rotatable bonds is 7. The molecular formula is C16H21ClN4. The Morgan fingerprint density at radius 3 is 2.76 bits per heavy atom. The monoisotopic (exact) mass is 304 g/mol. The molecule has 3 N–H and O–H groups in total. The van der Waals surface area contributed by atoms with Gasteiger partial charge < -0.3 is 16.0 Å². The number of nitrogen functional groups attached to an aromatic ring is 1. The van der Waals surface area contributed by atoms with Crippen molar-refractivity contribution in [3.05, 3.63) is 53.2 Å². The normalized spacial score (nSPS) is 10.8. The van der Waals surface area contributed by atoms with E-state index in [1.807, 2.05) is 6.07 Å². The van der Waals surface area contributed by atoms with Crippen LogP contribution >= 0.6 is 11.6 Å². The first-order valence-electron chi connectivity index (χ1n) is 7.02. The summed E-state index contributed by atoms with van der Waals surface area (Å²) in [6, 6.07) is 12.2. The molecule has 21 heavy (non-hydrogen) atoms. The zero-order chi connectivity index (χ0) is 15.1. The fraction of sp³-hybridized carbons (Fsp3) is 0.312. The minimum atomic E-state index is 0.563. The third-order valence-corrected chi connectivity index (χ3v) is 3.45. The number of nitrogens with one attached hydrogen (secondary N) is 1. The summed E-state index contributed by atoms with van der Waals surface area (Å²) < 4.78 is 0. The van der Waals surface area contributed by atoms with Gasteiger partial charge in [0.05, 0.1) is 16.9 Å². The molecule has 0 bridgehead atoms. The van der Waals surface area contributed by atoms with Gasteiger partial charge >= 0.3 is 0 Å². The molecule has 1 aromatic heterocycles. The standard InChI is InChI=1S/C16H21ClN4/c1-21(12-13-6-3-2-4-7-13)9-5-8-19-16-15(17)10-14(18)11-20-16/h2-4,6-7,10-11H,5,8-9,12,18H2,1H3,(H,19,20). The van der Waals surface area contributed by atoms with Crippen molar-refractivity contribution in [3.63, 3.8) is 0 Å². The van der Waals surface area contributed by atoms with E-state index in [0.29, 0.717) is 16.5 Å². The van der Waals surface area contributed by atoms with Gasteiger partial charge in [0, 0.05) is 13.1 Å². The lowest BCUT2D eigenvalue weighted by molar-refractivity contribution is 0.325. The maximum Gasteiger partial charge on any atom is 0.144 e. The number of nitrogens with two attached hydrogens (primary N) is 1. The quantitative estimate of drug-likeness (QED) is 0.771. The lowest BCUT2D eigenvalue weighted by Gasteiger charge is -2.17. The molecule has 0 radical (unpaired) electrons. The minimum absolute atomic E-state index is 0.563. The predicted molar refractivity (Wildman–Crippen MR) is 89.5 cm³/mol. The van der Waals surface area contributed by atoms with E-state index < -0.39 is 0 Å². The Bertz CT molecular complexity index is 559. The van der Waals surface area contributed by atoms with Crippen LogP contribution in [0.5, 0.6) is 0 Å². The summed E-state index contributed by atoms with van der Waals surface area (Å²) in [5.74, 6) is 0.691. The van der Waals surface area contributed by atoms with Crippen LogP contribution in [-0.4, -0.2) is 30.0 Å². The first-order chi connectivity index (χ1) is 10.1. The Kier molecular flexibility index (Phi) is 5.84. The van der Waals surface area contributed by atoms with E-state index in [-0.39, 0.29) is 0 Å². The Balaban J connectivity index is 1.69. The predicted octanol–water partition coefficient (Wildman–Crippen LogP) is 3.25. The van der Waals surface area contributed by atoms with Crippen molar-refractivity contribution in [1.82, 2.24) is 9.88 Å². The van der Waals surface area contributed by atoms with Gasteiger partial charge in [0.25, 0.3) is 0 Å². The van der Waals surface area contributed by atoms with Crippen LogP contribution in [0.4, 0.5) is 11.5 Å². The van der Waals surface area contributed by atoms with Crippen LogP contribution in [0, 0.1) is 0 Å². The Hall–Kier alpha value is -1.78. The molecule has 0 aliphatic carbocycles. The summed E-state index contributed by atoms with van der Waals surface area (Å²) >= 11 is 6.06. The third-order valence-electron chi connectivity index (χ3n) is 3.17. The lowest BCUT2D eigenvalue weighted by atomic mass is 10.2. The Morgan fingerprint density at radius 2 is 2.05 bits per heavy atom. The summed E-state index contributed by atoms with van der Waals surface area (Å²) in [4.78, 5) is 6.48. The highest BCUT2D eigenvalue weighted by Crippen LogP contribution is 2.20. The van der Waals surface area contributed by atoms with E-state index in [2.05, 4.69) is 46.5 Å². The summed E-state index contributed by atoms with van der Waals surface area (Å²) in [7, 11) is 2.13. The smallest absolute Gasteiger partial charge is 0.144 e. The number of pyridine rings is 1. The SMILES string of the molecule is CN(CCCNc1ncc(N)cc1Cl)Cc1ccccc1. The summed E-state index contributed by atoms with van der Waals surface area (Å²) in [5, 5.41) is 3.80. The van der Waals surface area contributed by atoms with Crippen molar-refractivity contribution in [3.8, 4) is 0 Å². The fourth-order valence-electron chi connectivity index (χ4n) is 2.11. The topological polar surface area (TPSA) is 54.2 Å². The second kappa shape index (κ2) is 7.86. The van der Waals surface area contributed by atoms with Gasteiger partial charge in [-0.2, -0.15) is 0 Å². The van der Waals surface area contributed by atoms with Crippen LogP contribution < -0.4 is 11.1 Å². The fourth-order valence-corrected chi connectivity index (χ4v) is 2.35. The van der Waals surface area contributed by atoms with Crippen molar-refractivity contribution < 1.29 is 0 Å². The lowest BCUT2D eigenvalue weighted by Crippen LogP contribution is -2.21. The molecule has 4 nitrogen and oxygen atoms in total. The molecule has 0 amide bonds. The highest BCUT2D eigenvalue weighted by Gasteiger charge is 2.03. The maximum atomic E-state index is 6.06. The van der Waals surface area contributed by atoms with E-state index in [1.54, 1.807) is 12.3 Å². The zero-order valence-electron chi connectivity index (χ0n) is 12.2. The number of hydrogen-bond acceptors (Lipinski definition) is 4. The maximum absolute atomic E-state index is 6.06. The number of benzene rings is 1. The van der Waals surface area contributed by atoms with Crippen LogP contribution in [0.15, 0.2) is 42.6 Å². The minimum Gasteiger partial charge on any atom is -0.397 e. The molecule has 0 aliphatic rings. The third kappa shape index (κ3) is 5.25. The number of aromatic nitrogens is 1. The zero-order valence-corrected chi connectivity index (χ0v) is 13.0. The van der Waals surface area contributed by atoms with E-state index in [9.17, 15) is 0 Å². The van der Waals surface area contributed by atoms with Gasteiger partial charge in [-0.25, -0.2) is 4.98 Å². The second-order valence-corrected chi connectivity index (χ2v) is 5.51. The van der Waals surface area contributed by atoms with Crippen molar-refractivity contribution in [2.75, 3.05) is 31.2 Å². The molecule has 1 heterocycles. The van der Waals surface area contributed by atoms with E-state index in [4.69, 9.17) is 17.3 Å². The molecular weight excluding hydrogens is 284 g/mol. The first-order valence-corrected chi connectivity index (χ1v) is 7.40. The summed E-state index contributed by atoms with van der Waals surface area (Å²) in [6.45, 7) is 2.80. The number of hydrogen-bond donors (Lipinski definition) is 2. The molecule has 0 unspecified atom stereocenters. The molecule has 112 valence electrons. The molecule has 0 fully saturated rings. The van der Waals surface area contributed by atoms with Gasteiger partial charge in [-0.05, 0) is 31.6 Å². The van der Waals surface area contributed by atoms with Crippen LogP contribution in [0.25, 0.3) is 0 Å². The molecule has 1 aromatic carbocycles. The van der Waals surface area contributed by atoms with Gasteiger partial charge in [0.15, 0.2) is 0 Å². The summed E-state index contributed by atoms with van der Waals surface area (Å²) in [6.07, 6.45) is 2.63. The van der Waals surface area contributed by atoms with Gasteiger partial charge in [-0.15, -0.1) is 0 Å². The van der Waals surface area contributed by atoms with Gasteiger partial charge in [-0.1, -0.05) is 41.9 Å². The molecule has 0 spiro atoms. The largest absolute Gasteiger partial charge is 0.397 e. The Morgan fingerprint density at radius 1 is 1.29 bits per heavy atom. The van der Waals surface area contributed by atoms with E-state index in [1.165, 1.54) is 5.56 Å². The van der Waals surface area contributed by atoms with Crippen LogP contribution in [0.2, 0.25) is 5.02 Å². The van der Waals surface area contributed by atoms with Crippen molar-refractivity contribution in [1.29, 1.82) is 0 Å². The highest BCUT2D eigenvalue weighted by molar-refractivity contribution is 6.33. The second-order valence-electron chi connectivity index (χ2n) is 5.10. The molecule has 0 saturated carbocycles. The molecule has 0 aliphatic heterocycles. The average molecular weight is 305 g/mol. The van der Waals surface area contributed by atoms with Crippen molar-refractivity contribution >= 4 is 23.1 Å². The summed E-state index contributed by atoms with van der Waals surface area (Å²) in [5.41, 5.74) is 7.52. The van der Waals surface area contributed by atoms with Crippen LogP contribution in [-0.2, 0) is 6.54 Å². The van der Waals surface area contributed by atoms with Crippen molar-refractivity contribution in [2.45, 2.75) is 13.0 Å². The average Bonchev–Trinajstić information content (AvgIpc) is 2.46. The van der Waals surface area contributed by atoms with Gasteiger partial charge in [0.1, 0.15) is 5.82 Å². The van der Waals surface area contributed by atoms with E-state index in [0.717, 1.165) is 26.1 Å². The van der Waals surface area contributed by atoms with Crippen LogP contribution in [0.1, 0.15) is 12.0 Å². The van der Waals surface area contributed by atoms with Crippen LogP contribution in [0.3, 0.4) is 0 Å². The van der Waals surface area contributed by atoms with Crippen molar-refractivity contribution in [2.24, 2.45) is 0 Å². The molecule has 2 aromatic rings. The molecule has 2 rings (SSSR count). The molecule has 5 heteroatoms. The Labute approximate surface area is 130 Å². The number of nitrogens with zero attached hydrogens (tertiary/aromatic N) is 2. The van der Waals surface area contributed by atoms with E-state index >= 15 is 0 Å².